The number of nitrogens with one attached hydrogen (secondary N) is 2. The Bertz CT molecular complexity index is 1240. The van der Waals surface area contributed by atoms with E-state index in [1.807, 2.05) is 0 Å². The van der Waals surface area contributed by atoms with Gasteiger partial charge in [0.2, 0.25) is 17.7 Å². The molecule has 0 bridgehead atoms. The fraction of sp³-hybridized carbons (Fsp3) is 0.567. The molecule has 1 saturated heterocycles. The summed E-state index contributed by atoms with van der Waals surface area (Å²) in [5.41, 5.74) is 17.4. The Morgan fingerprint density at radius 1 is 1.02 bits per heavy atom. The molecule has 15 nitrogen and oxygen atoms in total. The van der Waals surface area contributed by atoms with E-state index < -0.39 is 77.9 Å². The van der Waals surface area contributed by atoms with Gasteiger partial charge in [0, 0.05) is 19.5 Å². The maximum Gasteiger partial charge on any atom is 0.307 e. The predicted molar refractivity (Wildman–Crippen MR) is 164 cm³/mol. The Morgan fingerprint density at radius 3 is 2.27 bits per heavy atom. The number of aliphatic carboxylic acids is 2. The van der Waals surface area contributed by atoms with Gasteiger partial charge in [0.25, 0.3) is 0 Å². The minimum atomic E-state index is -1.56. The molecule has 1 aromatic rings. The molecule has 2 rings (SSSR count). The minimum absolute atomic E-state index is 0.0808. The van der Waals surface area contributed by atoms with Crippen LogP contribution >= 0.6 is 0 Å². The molecule has 0 unspecified atom stereocenters. The summed E-state index contributed by atoms with van der Waals surface area (Å²) in [7, 11) is 0. The van der Waals surface area contributed by atoms with Gasteiger partial charge in [-0.1, -0.05) is 44.2 Å². The van der Waals surface area contributed by atoms with Gasteiger partial charge in [0.15, 0.2) is 11.7 Å². The smallest absolute Gasteiger partial charge is 0.307 e. The normalized spacial score (nSPS) is 17.1. The molecule has 5 atom stereocenters. The third kappa shape index (κ3) is 11.8. The number of amides is 3. The summed E-state index contributed by atoms with van der Waals surface area (Å²) in [5.74, 6) is -6.78. The van der Waals surface area contributed by atoms with Crippen molar-refractivity contribution < 1.29 is 39.0 Å². The van der Waals surface area contributed by atoms with Crippen LogP contribution in [0.4, 0.5) is 0 Å². The Kier molecular flexibility index (Phi) is 14.4. The maximum absolute atomic E-state index is 13.3. The van der Waals surface area contributed by atoms with Gasteiger partial charge >= 0.3 is 11.9 Å². The van der Waals surface area contributed by atoms with Crippen LogP contribution in [0, 0.1) is 11.8 Å². The van der Waals surface area contributed by atoms with Crippen molar-refractivity contribution in [2.45, 2.75) is 83.0 Å². The van der Waals surface area contributed by atoms with Crippen molar-refractivity contribution in [2.75, 3.05) is 13.1 Å². The van der Waals surface area contributed by atoms with Gasteiger partial charge in [-0.25, -0.2) is 0 Å². The highest BCUT2D eigenvalue weighted by Gasteiger charge is 2.38. The van der Waals surface area contributed by atoms with E-state index >= 15 is 0 Å². The van der Waals surface area contributed by atoms with E-state index in [4.69, 9.17) is 17.2 Å². The number of nitrogens with zero attached hydrogens (tertiary/aromatic N) is 2. The zero-order chi connectivity index (χ0) is 33.7. The molecule has 1 aromatic carbocycles. The lowest BCUT2D eigenvalue weighted by atomic mass is 9.89. The van der Waals surface area contributed by atoms with Gasteiger partial charge in [-0.15, -0.1) is 0 Å². The van der Waals surface area contributed by atoms with Crippen molar-refractivity contribution >= 4 is 41.4 Å². The number of carbonyl (C=O) groups is 6. The van der Waals surface area contributed by atoms with Crippen LogP contribution in [0.25, 0.3) is 0 Å². The van der Waals surface area contributed by atoms with Crippen LogP contribution in [0.1, 0.15) is 57.9 Å². The third-order valence-electron chi connectivity index (χ3n) is 7.57. The molecule has 0 spiro atoms. The highest BCUT2D eigenvalue weighted by Crippen LogP contribution is 2.20. The Hall–Kier alpha value is -4.53. The van der Waals surface area contributed by atoms with Crippen molar-refractivity contribution in [2.24, 2.45) is 34.0 Å². The molecule has 248 valence electrons. The standard InChI is InChI=1S/C30H45N7O8/c1-17(2)25(23(38)15-19(29(44)45)14-18-8-4-3-5-9-18)36-26(41)21(16-24(39)40)35-27(42)22-11-7-13-37(22)28(43)20(31)10-6-12-34-30(32)33/h3-5,8-9,17,19-22,25H,6-7,10-16,31H2,1-2H3,(H,35,42)(H,36,41)(H,39,40)(H,44,45)(H4,32,33,34)/t19-,20+,21+,22+,25+/m1/s1. The SMILES string of the molecule is CC(C)[C@H](NC(=O)[C@H](CC(=O)O)NC(=O)[C@@H]1CCCN1C(=O)[C@@H](N)CCCN=C(N)N)C(=O)C[C@@H](Cc1ccccc1)C(=O)O. The van der Waals surface area contributed by atoms with Gasteiger partial charge in [0.1, 0.15) is 12.1 Å². The number of nitrogens with two attached hydrogens (primary N) is 3. The van der Waals surface area contributed by atoms with E-state index in [1.54, 1.807) is 44.2 Å². The third-order valence-corrected chi connectivity index (χ3v) is 7.57. The highest BCUT2D eigenvalue weighted by molar-refractivity contribution is 5.97. The van der Waals surface area contributed by atoms with E-state index in [0.717, 1.165) is 5.56 Å². The molecular weight excluding hydrogens is 586 g/mol. The quantitative estimate of drug-likeness (QED) is 0.0609. The zero-order valence-corrected chi connectivity index (χ0v) is 25.7. The van der Waals surface area contributed by atoms with Crippen LogP contribution in [0.15, 0.2) is 35.3 Å². The molecule has 1 heterocycles. The second-order valence-electron chi connectivity index (χ2n) is 11.5. The Balaban J connectivity index is 2.10. The van der Waals surface area contributed by atoms with Crippen molar-refractivity contribution in [1.82, 2.24) is 15.5 Å². The maximum atomic E-state index is 13.3. The van der Waals surface area contributed by atoms with E-state index in [-0.39, 0.29) is 44.7 Å². The minimum Gasteiger partial charge on any atom is -0.481 e. The predicted octanol–water partition coefficient (Wildman–Crippen LogP) is -0.639. The first-order valence-corrected chi connectivity index (χ1v) is 14.9. The van der Waals surface area contributed by atoms with E-state index in [2.05, 4.69) is 15.6 Å². The van der Waals surface area contributed by atoms with Gasteiger partial charge < -0.3 is 42.9 Å². The number of guanidine groups is 1. The van der Waals surface area contributed by atoms with Crippen LogP contribution in [0.5, 0.6) is 0 Å². The monoisotopic (exact) mass is 631 g/mol. The van der Waals surface area contributed by atoms with Crippen LogP contribution in [0.3, 0.4) is 0 Å². The summed E-state index contributed by atoms with van der Waals surface area (Å²) in [6, 6.07) is 4.23. The van der Waals surface area contributed by atoms with Gasteiger partial charge in [-0.2, -0.15) is 0 Å². The number of aliphatic imine (C=N–C) groups is 1. The molecule has 0 aromatic heterocycles. The summed E-state index contributed by atoms with van der Waals surface area (Å²) >= 11 is 0. The largest absolute Gasteiger partial charge is 0.481 e. The number of hydrogen-bond acceptors (Lipinski definition) is 8. The molecule has 10 N–H and O–H groups in total. The lowest BCUT2D eigenvalue weighted by molar-refractivity contribution is -0.145. The van der Waals surface area contributed by atoms with Crippen LogP contribution in [0.2, 0.25) is 0 Å². The number of carboxylic acid groups (broad SMARTS) is 2. The summed E-state index contributed by atoms with van der Waals surface area (Å²) in [6.45, 7) is 3.85. The molecule has 1 fully saturated rings. The van der Waals surface area contributed by atoms with Gasteiger partial charge in [0.05, 0.1) is 24.4 Å². The van der Waals surface area contributed by atoms with Gasteiger partial charge in [-0.05, 0) is 43.6 Å². The molecule has 0 radical (unpaired) electrons. The van der Waals surface area contributed by atoms with Crippen LogP contribution in [-0.2, 0) is 35.2 Å². The first kappa shape index (κ1) is 36.7. The first-order valence-electron chi connectivity index (χ1n) is 14.9. The van der Waals surface area contributed by atoms with Crippen molar-refractivity contribution in [3.8, 4) is 0 Å². The van der Waals surface area contributed by atoms with Crippen molar-refractivity contribution in [3.05, 3.63) is 35.9 Å². The lowest BCUT2D eigenvalue weighted by Crippen LogP contribution is -2.57. The zero-order valence-electron chi connectivity index (χ0n) is 25.7. The molecule has 45 heavy (non-hydrogen) atoms. The second kappa shape index (κ2) is 17.7. The molecular formula is C30H45N7O8. The summed E-state index contributed by atoms with van der Waals surface area (Å²) in [5, 5.41) is 24.2. The number of rotatable bonds is 18. The average molecular weight is 632 g/mol. The van der Waals surface area contributed by atoms with E-state index in [1.165, 1.54) is 4.90 Å². The number of ketones is 1. The number of benzene rings is 1. The molecule has 3 amide bonds. The number of carbonyl (C=O) groups excluding carboxylic acids is 4. The molecule has 15 heteroatoms. The molecule has 1 aliphatic heterocycles. The van der Waals surface area contributed by atoms with Crippen molar-refractivity contribution in [3.63, 3.8) is 0 Å². The second-order valence-corrected chi connectivity index (χ2v) is 11.5. The molecule has 1 aliphatic rings. The number of likely N-dealkylation sites (tertiary alicyclic amines) is 1. The number of hydrogen-bond donors (Lipinski definition) is 7. The van der Waals surface area contributed by atoms with Crippen LogP contribution in [-0.4, -0.2) is 93.8 Å². The van der Waals surface area contributed by atoms with Gasteiger partial charge in [-0.3, -0.25) is 33.8 Å². The van der Waals surface area contributed by atoms with Crippen LogP contribution < -0.4 is 27.8 Å². The summed E-state index contributed by atoms with van der Waals surface area (Å²) in [6.07, 6.45) is 0.439. The Labute approximate surface area is 262 Å². The number of Topliss-reactive ketones (excluding diaryl/α,β-unsaturated/α-hetero) is 1. The summed E-state index contributed by atoms with van der Waals surface area (Å²) < 4.78 is 0. The van der Waals surface area contributed by atoms with Crippen molar-refractivity contribution in [1.29, 1.82) is 0 Å². The molecule has 0 aliphatic carbocycles. The molecule has 0 saturated carbocycles. The number of carboxylic acids is 2. The Morgan fingerprint density at radius 2 is 1.69 bits per heavy atom. The first-order chi connectivity index (χ1) is 21.2. The van der Waals surface area contributed by atoms with E-state index in [9.17, 15) is 39.0 Å². The van der Waals surface area contributed by atoms with E-state index in [0.29, 0.717) is 12.8 Å². The topological polar surface area (TPSA) is 261 Å². The fourth-order valence-electron chi connectivity index (χ4n) is 5.20. The highest BCUT2D eigenvalue weighted by atomic mass is 16.4. The summed E-state index contributed by atoms with van der Waals surface area (Å²) in [4.78, 5) is 81.5. The fourth-order valence-corrected chi connectivity index (χ4v) is 5.20. The lowest BCUT2D eigenvalue weighted by Gasteiger charge is -2.29. The average Bonchev–Trinajstić information content (AvgIpc) is 3.47.